The van der Waals surface area contributed by atoms with Crippen LogP contribution < -0.4 is 10.6 Å². The summed E-state index contributed by atoms with van der Waals surface area (Å²) in [7, 11) is -4.38. The van der Waals surface area contributed by atoms with Crippen LogP contribution >= 0.6 is 7.60 Å². The van der Waals surface area contributed by atoms with Gasteiger partial charge in [0.2, 0.25) is 5.91 Å². The van der Waals surface area contributed by atoms with E-state index in [0.717, 1.165) is 11.6 Å². The molecule has 6 nitrogen and oxygen atoms in total. The molecule has 1 atom stereocenters. The van der Waals surface area contributed by atoms with Gasteiger partial charge in [-0.25, -0.2) is 8.78 Å². The maximum Gasteiger partial charge on any atom is 0.339 e. The van der Waals surface area contributed by atoms with Crippen LogP contribution in [-0.2, 0) is 15.8 Å². The van der Waals surface area contributed by atoms with Crippen LogP contribution in [0.5, 0.6) is 0 Å². The van der Waals surface area contributed by atoms with Gasteiger partial charge >= 0.3 is 7.60 Å². The van der Waals surface area contributed by atoms with Crippen LogP contribution in [0.4, 0.5) is 8.78 Å². The molecule has 0 aliphatic carbocycles. The lowest BCUT2D eigenvalue weighted by Gasteiger charge is -2.17. The van der Waals surface area contributed by atoms with E-state index in [9.17, 15) is 18.1 Å². The van der Waals surface area contributed by atoms with Crippen molar-refractivity contribution in [3.8, 4) is 11.8 Å². The lowest BCUT2D eigenvalue weighted by atomic mass is 10.1. The Bertz CT molecular complexity index is 938. The first-order valence-corrected chi connectivity index (χ1v) is 10.6. The number of halogens is 2. The number of carbonyl (C=O) groups is 1. The van der Waals surface area contributed by atoms with Crippen LogP contribution in [0, 0.1) is 23.5 Å². The Morgan fingerprint density at radius 3 is 2.52 bits per heavy atom. The molecule has 1 amide bonds. The zero-order chi connectivity index (χ0) is 21.3. The number of nitrogens with one attached hydrogen (secondary N) is 2. The second kappa shape index (κ2) is 10.8. The predicted octanol–water partition coefficient (Wildman–Crippen LogP) is 2.16. The van der Waals surface area contributed by atoms with Gasteiger partial charge in [0.1, 0.15) is 11.6 Å². The number of hydrogen-bond acceptors (Lipinski definition) is 3. The summed E-state index contributed by atoms with van der Waals surface area (Å²) in [6, 6.07) is 11.4. The molecule has 0 bridgehead atoms. The zero-order valence-electron chi connectivity index (χ0n) is 15.4. The highest BCUT2D eigenvalue weighted by atomic mass is 31.2. The number of rotatable bonds is 8. The molecule has 29 heavy (non-hydrogen) atoms. The van der Waals surface area contributed by atoms with Crippen molar-refractivity contribution in [3.05, 3.63) is 71.3 Å². The third-order valence-corrected chi connectivity index (χ3v) is 4.47. The summed E-state index contributed by atoms with van der Waals surface area (Å²) in [5, 5.41) is 5.18. The van der Waals surface area contributed by atoms with E-state index >= 15 is 0 Å². The van der Waals surface area contributed by atoms with Crippen molar-refractivity contribution in [3.63, 3.8) is 0 Å². The van der Waals surface area contributed by atoms with E-state index in [1.165, 1.54) is 6.07 Å². The van der Waals surface area contributed by atoms with Crippen LogP contribution in [0.25, 0.3) is 0 Å². The average Bonchev–Trinajstić information content (AvgIpc) is 2.66. The standard InChI is InChI=1S/C20H21F2N2O4P/c21-17-10-9-16(18(22)13-17)7-4-8-19(24-14-29(26,27)28)20(25)23-12-11-15-5-2-1-3-6-15/h1-3,5-6,9-10,13,19,24H,8,11-12,14H2,(H,23,25)(H2,26,27,28)/t19-/m0/s1. The summed E-state index contributed by atoms with van der Waals surface area (Å²) in [5.74, 6) is 3.06. The van der Waals surface area contributed by atoms with Crippen molar-refractivity contribution in [2.24, 2.45) is 0 Å². The fraction of sp³-hybridized carbons (Fsp3) is 0.250. The van der Waals surface area contributed by atoms with Crippen molar-refractivity contribution in [1.82, 2.24) is 10.6 Å². The van der Waals surface area contributed by atoms with Gasteiger partial charge in [0, 0.05) is 19.0 Å². The van der Waals surface area contributed by atoms with E-state index in [1.807, 2.05) is 30.3 Å². The number of carbonyl (C=O) groups excluding carboxylic acids is 1. The van der Waals surface area contributed by atoms with Crippen LogP contribution in [0.3, 0.4) is 0 Å². The van der Waals surface area contributed by atoms with E-state index in [1.54, 1.807) is 0 Å². The minimum atomic E-state index is -4.38. The highest BCUT2D eigenvalue weighted by Crippen LogP contribution is 2.32. The molecule has 0 aromatic heterocycles. The Morgan fingerprint density at radius 2 is 1.86 bits per heavy atom. The van der Waals surface area contributed by atoms with Crippen molar-refractivity contribution >= 4 is 13.5 Å². The van der Waals surface area contributed by atoms with Gasteiger partial charge in [-0.1, -0.05) is 42.2 Å². The van der Waals surface area contributed by atoms with Crippen molar-refractivity contribution in [1.29, 1.82) is 0 Å². The molecule has 0 radical (unpaired) electrons. The Balaban J connectivity index is 1.99. The van der Waals surface area contributed by atoms with Gasteiger partial charge in [-0.3, -0.25) is 14.7 Å². The molecular weight excluding hydrogens is 401 g/mol. The fourth-order valence-electron chi connectivity index (χ4n) is 2.42. The molecule has 2 aromatic carbocycles. The molecule has 0 aliphatic heterocycles. The van der Waals surface area contributed by atoms with E-state index < -0.39 is 37.5 Å². The van der Waals surface area contributed by atoms with Crippen molar-refractivity contribution < 1.29 is 27.9 Å². The third-order valence-electron chi connectivity index (χ3n) is 3.88. The van der Waals surface area contributed by atoms with Gasteiger partial charge in [-0.15, -0.1) is 0 Å². The summed E-state index contributed by atoms with van der Waals surface area (Å²) >= 11 is 0. The van der Waals surface area contributed by atoms with Crippen LogP contribution in [0.1, 0.15) is 17.5 Å². The SMILES string of the molecule is O=C(NCCc1ccccc1)[C@H](CC#Cc1ccc(F)cc1F)NCP(=O)(O)O. The summed E-state index contributed by atoms with van der Waals surface area (Å²) < 4.78 is 37.7. The monoisotopic (exact) mass is 422 g/mol. The molecule has 2 rings (SSSR count). The van der Waals surface area contributed by atoms with Crippen LogP contribution in [-0.4, -0.2) is 34.6 Å². The summed E-state index contributed by atoms with van der Waals surface area (Å²) in [6.45, 7) is 0.330. The van der Waals surface area contributed by atoms with Gasteiger partial charge < -0.3 is 15.1 Å². The van der Waals surface area contributed by atoms with Gasteiger partial charge in [-0.05, 0) is 24.1 Å². The molecule has 0 heterocycles. The minimum absolute atomic E-state index is 0.0374. The first-order valence-electron chi connectivity index (χ1n) is 8.78. The fourth-order valence-corrected chi connectivity index (χ4v) is 2.88. The number of amides is 1. The Labute approximate surface area is 167 Å². The summed E-state index contributed by atoms with van der Waals surface area (Å²) in [6.07, 6.45) is -0.228. The average molecular weight is 422 g/mol. The molecule has 4 N–H and O–H groups in total. The molecule has 2 aromatic rings. The Morgan fingerprint density at radius 1 is 1.14 bits per heavy atom. The molecule has 0 saturated carbocycles. The summed E-state index contributed by atoms with van der Waals surface area (Å²) in [5.41, 5.74) is 0.990. The van der Waals surface area contributed by atoms with Gasteiger partial charge in [0.25, 0.3) is 0 Å². The minimum Gasteiger partial charge on any atom is -0.354 e. The molecule has 0 fully saturated rings. The van der Waals surface area contributed by atoms with Gasteiger partial charge in [0.05, 0.1) is 17.9 Å². The van der Waals surface area contributed by atoms with E-state index in [4.69, 9.17) is 9.79 Å². The molecule has 0 saturated heterocycles. The quantitative estimate of drug-likeness (QED) is 0.386. The van der Waals surface area contributed by atoms with Gasteiger partial charge in [0.15, 0.2) is 0 Å². The van der Waals surface area contributed by atoms with Crippen LogP contribution in [0.2, 0.25) is 0 Å². The van der Waals surface area contributed by atoms with Crippen molar-refractivity contribution in [2.75, 3.05) is 12.8 Å². The maximum absolute atomic E-state index is 13.6. The predicted molar refractivity (Wildman–Crippen MR) is 105 cm³/mol. The lowest BCUT2D eigenvalue weighted by Crippen LogP contribution is -2.44. The van der Waals surface area contributed by atoms with Crippen molar-refractivity contribution in [2.45, 2.75) is 18.9 Å². The summed E-state index contributed by atoms with van der Waals surface area (Å²) in [4.78, 5) is 30.5. The van der Waals surface area contributed by atoms with E-state index in [2.05, 4.69) is 22.5 Å². The molecule has 154 valence electrons. The lowest BCUT2D eigenvalue weighted by molar-refractivity contribution is -0.122. The van der Waals surface area contributed by atoms with E-state index in [-0.39, 0.29) is 12.0 Å². The largest absolute Gasteiger partial charge is 0.354 e. The third kappa shape index (κ3) is 8.55. The first kappa shape index (κ1) is 22.7. The Hall–Kier alpha value is -2.56. The number of hydrogen-bond donors (Lipinski definition) is 4. The molecule has 0 spiro atoms. The Kier molecular flexibility index (Phi) is 8.50. The highest BCUT2D eigenvalue weighted by molar-refractivity contribution is 7.51. The number of benzene rings is 2. The van der Waals surface area contributed by atoms with Crippen LogP contribution in [0.15, 0.2) is 48.5 Å². The highest BCUT2D eigenvalue weighted by Gasteiger charge is 2.21. The van der Waals surface area contributed by atoms with Gasteiger partial charge in [-0.2, -0.15) is 0 Å². The second-order valence-electron chi connectivity index (χ2n) is 6.24. The molecule has 0 unspecified atom stereocenters. The smallest absolute Gasteiger partial charge is 0.339 e. The topological polar surface area (TPSA) is 98.7 Å². The maximum atomic E-state index is 13.6. The normalized spacial score (nSPS) is 12.0. The zero-order valence-corrected chi connectivity index (χ0v) is 16.3. The molecule has 0 aliphatic rings. The van der Waals surface area contributed by atoms with E-state index in [0.29, 0.717) is 19.0 Å². The first-order chi connectivity index (χ1) is 13.7. The second-order valence-corrected chi connectivity index (χ2v) is 7.88. The molecular formula is C20H21F2N2O4P. The molecule has 9 heteroatoms.